The number of benzene rings is 2. The smallest absolute Gasteiger partial charge is 0.416 e. The molecule has 0 bridgehead atoms. The Balaban J connectivity index is 1.13. The number of rotatable bonds is 8. The molecule has 0 saturated carbocycles. The Morgan fingerprint density at radius 1 is 1.11 bits per heavy atom. The van der Waals surface area contributed by atoms with Crippen LogP contribution in [0.1, 0.15) is 11.1 Å². The van der Waals surface area contributed by atoms with Gasteiger partial charge >= 0.3 is 12.1 Å². The third kappa shape index (κ3) is 6.39. The van der Waals surface area contributed by atoms with Crippen molar-refractivity contribution >= 4 is 61.8 Å². The number of piperazine rings is 1. The Hall–Kier alpha value is -4.55. The topological polar surface area (TPSA) is 166 Å². The zero-order chi connectivity index (χ0) is 33.6. The molecule has 0 radical (unpaired) electrons. The summed E-state index contributed by atoms with van der Waals surface area (Å²) in [5.41, 5.74) is -1.96. The Morgan fingerprint density at radius 3 is 2.45 bits per heavy atom. The van der Waals surface area contributed by atoms with Gasteiger partial charge in [0.2, 0.25) is 5.91 Å². The molecule has 246 valence electrons. The van der Waals surface area contributed by atoms with Crippen LogP contribution in [0.25, 0.3) is 10.1 Å². The standard InChI is InChI=1S/C29H25F3N6O7S2/c30-29(31,32)17-11-18-23(19(12-17)38(44)45)47-28(34-24(18)40)36-8-6-35(7-9-36)13-16-14-46-26-21(25(41)37(26)22(16)27(42)43)33-20(39)10-15-4-2-1-3-5-15/h1-5,11-12,21,26H,6-10,13-14H2,(H,33,39)(H,42,43)/t21-,26-/m1/s1. The highest BCUT2D eigenvalue weighted by Crippen LogP contribution is 2.41. The van der Waals surface area contributed by atoms with Crippen LogP contribution in [0.2, 0.25) is 0 Å². The van der Waals surface area contributed by atoms with Crippen LogP contribution in [0.4, 0.5) is 24.0 Å². The summed E-state index contributed by atoms with van der Waals surface area (Å²) < 4.78 is 39.7. The van der Waals surface area contributed by atoms with Gasteiger partial charge in [0.25, 0.3) is 17.2 Å². The summed E-state index contributed by atoms with van der Waals surface area (Å²) in [5, 5.41) is 23.5. The van der Waals surface area contributed by atoms with Crippen molar-refractivity contribution in [2.24, 2.45) is 0 Å². The molecule has 0 spiro atoms. The lowest BCUT2D eigenvalue weighted by Crippen LogP contribution is -2.70. The lowest BCUT2D eigenvalue weighted by molar-refractivity contribution is -0.383. The number of carboxylic acids is 1. The molecule has 2 saturated heterocycles. The highest BCUT2D eigenvalue weighted by Gasteiger charge is 2.54. The number of aliphatic carboxylic acids is 1. The number of amides is 2. The minimum Gasteiger partial charge on any atom is -0.477 e. The maximum atomic E-state index is 13.3. The molecular weight excluding hydrogens is 665 g/mol. The van der Waals surface area contributed by atoms with E-state index < -0.39 is 56.6 Å². The average Bonchev–Trinajstić information content (AvgIpc) is 3.03. The monoisotopic (exact) mass is 690 g/mol. The second-order valence-electron chi connectivity index (χ2n) is 11.1. The van der Waals surface area contributed by atoms with Crippen LogP contribution in [0, 0.1) is 10.1 Å². The normalized spacial score (nSPS) is 20.2. The van der Waals surface area contributed by atoms with Crippen molar-refractivity contribution in [2.75, 3.05) is 43.4 Å². The number of halogens is 3. The molecule has 6 rings (SSSR count). The predicted octanol–water partition coefficient (Wildman–Crippen LogP) is 2.69. The number of nitro groups is 1. The van der Waals surface area contributed by atoms with E-state index in [1.165, 1.54) is 16.7 Å². The minimum absolute atomic E-state index is 0.0857. The van der Waals surface area contributed by atoms with Gasteiger partial charge in [0.15, 0.2) is 5.13 Å². The zero-order valence-electron chi connectivity index (χ0n) is 24.2. The minimum atomic E-state index is -4.89. The number of alkyl halides is 3. The van der Waals surface area contributed by atoms with E-state index in [2.05, 4.69) is 10.3 Å². The number of nitrogens with one attached hydrogen (secondary N) is 1. The van der Waals surface area contributed by atoms with E-state index in [1.807, 2.05) is 11.0 Å². The average molecular weight is 691 g/mol. The van der Waals surface area contributed by atoms with E-state index in [9.17, 15) is 47.6 Å². The molecule has 2 atom stereocenters. The Bertz CT molecular complexity index is 1880. The molecule has 3 aliphatic heterocycles. The molecule has 13 nitrogen and oxygen atoms in total. The molecule has 2 amide bonds. The number of aromatic nitrogens is 1. The first-order valence-electron chi connectivity index (χ1n) is 14.2. The van der Waals surface area contributed by atoms with Gasteiger partial charge < -0.3 is 15.3 Å². The fourth-order valence-electron chi connectivity index (χ4n) is 5.75. The summed E-state index contributed by atoms with van der Waals surface area (Å²) in [6.45, 7) is 1.59. The summed E-state index contributed by atoms with van der Waals surface area (Å²) in [6.07, 6.45) is -4.80. The fraction of sp³-hybridized carbons (Fsp3) is 0.345. The first kappa shape index (κ1) is 32.4. The Morgan fingerprint density at radius 2 is 1.81 bits per heavy atom. The van der Waals surface area contributed by atoms with E-state index in [0.29, 0.717) is 49.6 Å². The van der Waals surface area contributed by atoms with Crippen LogP contribution in [0.15, 0.2) is 58.5 Å². The number of carbonyl (C=O) groups excluding carboxylic acids is 2. The quantitative estimate of drug-likeness (QED) is 0.203. The molecule has 0 aliphatic carbocycles. The van der Waals surface area contributed by atoms with Crippen LogP contribution in [0.5, 0.6) is 0 Å². The van der Waals surface area contributed by atoms with Crippen molar-refractivity contribution in [3.05, 3.63) is 85.3 Å². The van der Waals surface area contributed by atoms with Crippen LogP contribution in [0.3, 0.4) is 0 Å². The summed E-state index contributed by atoms with van der Waals surface area (Å²) >= 11 is 2.12. The molecule has 2 fully saturated rings. The second kappa shape index (κ2) is 12.6. The van der Waals surface area contributed by atoms with Gasteiger partial charge in [0.1, 0.15) is 21.8 Å². The highest BCUT2D eigenvalue weighted by molar-refractivity contribution is 8.00. The van der Waals surface area contributed by atoms with E-state index in [0.717, 1.165) is 16.9 Å². The van der Waals surface area contributed by atoms with Crippen molar-refractivity contribution in [1.82, 2.24) is 20.1 Å². The van der Waals surface area contributed by atoms with Gasteiger partial charge in [-0.25, -0.2) is 4.79 Å². The van der Waals surface area contributed by atoms with Gasteiger partial charge in [-0.05, 0) is 17.2 Å². The first-order chi connectivity index (χ1) is 22.3. The molecular formula is C29H25F3N6O7S2. The third-order valence-electron chi connectivity index (χ3n) is 8.05. The van der Waals surface area contributed by atoms with E-state index >= 15 is 0 Å². The SMILES string of the molecule is O=C(Cc1ccccc1)N[C@@H]1C(=O)N2C(C(=O)O)=C(CN3CCN(c4nc(=O)c5cc(C(F)(F)F)cc([N+](=O)[O-])c5s4)CC3)CS[C@H]12. The Kier molecular flexibility index (Phi) is 8.66. The van der Waals surface area contributed by atoms with Crippen molar-refractivity contribution in [3.63, 3.8) is 0 Å². The number of thioether (sulfide) groups is 1. The third-order valence-corrected chi connectivity index (χ3v) is 10.6. The largest absolute Gasteiger partial charge is 0.477 e. The van der Waals surface area contributed by atoms with Gasteiger partial charge in [-0.2, -0.15) is 18.2 Å². The van der Waals surface area contributed by atoms with Crippen LogP contribution < -0.4 is 15.8 Å². The summed E-state index contributed by atoms with van der Waals surface area (Å²) in [4.78, 5) is 70.1. The maximum Gasteiger partial charge on any atom is 0.416 e. The van der Waals surface area contributed by atoms with Crippen molar-refractivity contribution in [1.29, 1.82) is 0 Å². The number of non-ortho nitro benzene ring substituents is 1. The molecule has 1 aromatic heterocycles. The fourth-order valence-corrected chi connectivity index (χ4v) is 8.21. The Labute approximate surface area is 271 Å². The maximum absolute atomic E-state index is 13.3. The number of β-lactam (4-membered cyclic amide) rings is 1. The van der Waals surface area contributed by atoms with Crippen LogP contribution in [-0.2, 0) is 27.0 Å². The predicted molar refractivity (Wildman–Crippen MR) is 166 cm³/mol. The first-order valence-corrected chi connectivity index (χ1v) is 16.1. The molecule has 47 heavy (non-hydrogen) atoms. The van der Waals surface area contributed by atoms with Crippen molar-refractivity contribution < 1.29 is 37.6 Å². The molecule has 2 N–H and O–H groups in total. The highest BCUT2D eigenvalue weighted by atomic mass is 32.2. The summed E-state index contributed by atoms with van der Waals surface area (Å²) in [7, 11) is 0. The van der Waals surface area contributed by atoms with E-state index in [4.69, 9.17) is 0 Å². The molecule has 2 aromatic carbocycles. The number of anilines is 1. The summed E-state index contributed by atoms with van der Waals surface area (Å²) in [5.74, 6) is -1.78. The lowest BCUT2D eigenvalue weighted by atomic mass is 10.0. The molecule has 3 aliphatic rings. The van der Waals surface area contributed by atoms with Crippen molar-refractivity contribution in [2.45, 2.75) is 24.0 Å². The number of hydrogen-bond donors (Lipinski definition) is 2. The van der Waals surface area contributed by atoms with Crippen LogP contribution in [-0.4, -0.2) is 92.5 Å². The van der Waals surface area contributed by atoms with Gasteiger partial charge in [-0.15, -0.1) is 11.8 Å². The number of carboxylic acid groups (broad SMARTS) is 1. The van der Waals surface area contributed by atoms with Gasteiger partial charge in [-0.3, -0.25) is 34.3 Å². The summed E-state index contributed by atoms with van der Waals surface area (Å²) in [6, 6.07) is 9.16. The second-order valence-corrected chi connectivity index (χ2v) is 13.1. The molecule has 18 heteroatoms. The zero-order valence-corrected chi connectivity index (χ0v) is 25.9. The van der Waals surface area contributed by atoms with Gasteiger partial charge in [0.05, 0.1) is 22.3 Å². The van der Waals surface area contributed by atoms with Crippen molar-refractivity contribution in [3.8, 4) is 0 Å². The molecule has 0 unspecified atom stereocenters. The van der Waals surface area contributed by atoms with Crippen LogP contribution >= 0.6 is 23.1 Å². The lowest BCUT2D eigenvalue weighted by Gasteiger charge is -2.50. The number of hydrogen-bond acceptors (Lipinski definition) is 11. The number of nitro benzene ring substituents is 1. The van der Waals surface area contributed by atoms with Gasteiger partial charge in [-0.1, -0.05) is 41.7 Å². The molecule has 4 heterocycles. The van der Waals surface area contributed by atoms with Gasteiger partial charge in [0, 0.05) is 44.5 Å². The number of nitrogens with zero attached hydrogens (tertiary/aromatic N) is 5. The number of carbonyl (C=O) groups is 3. The molecule has 3 aromatic rings. The number of fused-ring (bicyclic) bond motifs is 2. The van der Waals surface area contributed by atoms with E-state index in [-0.39, 0.29) is 34.4 Å². The van der Waals surface area contributed by atoms with E-state index in [1.54, 1.807) is 29.2 Å².